The number of amides is 1. The van der Waals surface area contributed by atoms with Gasteiger partial charge in [-0.1, -0.05) is 72.3 Å². The minimum Gasteiger partial charge on any atom is -0.494 e. The molecule has 1 aromatic heterocycles. The Morgan fingerprint density at radius 1 is 1.00 bits per heavy atom. The Kier molecular flexibility index (Phi) is 6.96. The van der Waals surface area contributed by atoms with Gasteiger partial charge in [0.05, 0.1) is 35.9 Å². The van der Waals surface area contributed by atoms with Crippen LogP contribution < -0.4 is 4.74 Å². The first kappa shape index (κ1) is 26.3. The summed E-state index contributed by atoms with van der Waals surface area (Å²) in [4.78, 5) is 16.3. The number of rotatable bonds is 8. The number of carbonyl (C=O) groups is 1. The summed E-state index contributed by atoms with van der Waals surface area (Å²) in [5.41, 5.74) is 6.18. The van der Waals surface area contributed by atoms with Gasteiger partial charge in [0.25, 0.3) is 5.91 Å². The minimum absolute atomic E-state index is 0.00373. The number of hydrogen-bond donors (Lipinski definition) is 0. The second-order valence-corrected chi connectivity index (χ2v) is 12.8. The van der Waals surface area contributed by atoms with Crippen molar-refractivity contribution in [3.63, 3.8) is 0 Å². The molecule has 0 aliphatic carbocycles. The normalized spacial score (nSPS) is 19.6. The number of ether oxygens (including phenoxy) is 1. The molecular formula is C32H33N3O4S. The van der Waals surface area contributed by atoms with Gasteiger partial charge < -0.3 is 9.64 Å². The Labute approximate surface area is 235 Å². The summed E-state index contributed by atoms with van der Waals surface area (Å²) in [5, 5.41) is 4.99. The molecule has 1 saturated heterocycles. The first-order valence-corrected chi connectivity index (χ1v) is 15.6. The van der Waals surface area contributed by atoms with Gasteiger partial charge in [-0.15, -0.1) is 0 Å². The van der Waals surface area contributed by atoms with Crippen molar-refractivity contribution in [1.29, 1.82) is 0 Å². The quantitative estimate of drug-likeness (QED) is 0.291. The van der Waals surface area contributed by atoms with E-state index in [-0.39, 0.29) is 29.5 Å². The van der Waals surface area contributed by atoms with E-state index < -0.39 is 9.84 Å². The Morgan fingerprint density at radius 3 is 2.48 bits per heavy atom. The molecule has 0 N–H and O–H groups in total. The van der Waals surface area contributed by atoms with Crippen molar-refractivity contribution in [3.05, 3.63) is 107 Å². The first-order valence-electron chi connectivity index (χ1n) is 13.8. The molecule has 2 atom stereocenters. The molecule has 206 valence electrons. The van der Waals surface area contributed by atoms with Crippen LogP contribution in [0, 0.1) is 6.92 Å². The number of aryl methyl sites for hydroxylation is 1. The largest absolute Gasteiger partial charge is 0.494 e. The fourth-order valence-electron chi connectivity index (χ4n) is 5.90. The van der Waals surface area contributed by atoms with Crippen LogP contribution in [0.3, 0.4) is 0 Å². The highest BCUT2D eigenvalue weighted by Crippen LogP contribution is 2.46. The molecule has 1 amide bonds. The second-order valence-electron chi connectivity index (χ2n) is 10.6. The minimum atomic E-state index is -3.18. The van der Waals surface area contributed by atoms with E-state index in [0.29, 0.717) is 31.7 Å². The maximum Gasteiger partial charge on any atom is 0.273 e. The van der Waals surface area contributed by atoms with Crippen LogP contribution in [0.2, 0.25) is 0 Å². The molecule has 3 aromatic carbocycles. The van der Waals surface area contributed by atoms with Gasteiger partial charge in [0.2, 0.25) is 0 Å². The van der Waals surface area contributed by atoms with Gasteiger partial charge in [-0.3, -0.25) is 9.48 Å². The van der Waals surface area contributed by atoms with Crippen LogP contribution in [0.25, 0.3) is 11.3 Å². The topological polar surface area (TPSA) is 81.5 Å². The number of nitrogens with zero attached hydrogens (tertiary/aromatic N) is 3. The van der Waals surface area contributed by atoms with E-state index in [1.807, 2.05) is 85.5 Å². The molecule has 0 unspecified atom stereocenters. The number of hydrogen-bond acceptors (Lipinski definition) is 5. The number of benzene rings is 3. The summed E-state index contributed by atoms with van der Waals surface area (Å²) in [5.74, 6) is 0.733. The first-order chi connectivity index (χ1) is 19.3. The molecule has 7 nitrogen and oxygen atoms in total. The predicted octanol–water partition coefficient (Wildman–Crippen LogP) is 5.40. The van der Waals surface area contributed by atoms with Crippen molar-refractivity contribution in [2.75, 3.05) is 24.7 Å². The van der Waals surface area contributed by atoms with Crippen LogP contribution in [0.4, 0.5) is 0 Å². The zero-order valence-corrected chi connectivity index (χ0v) is 23.6. The summed E-state index contributed by atoms with van der Waals surface area (Å²) in [6.07, 6.45) is 1.15. The van der Waals surface area contributed by atoms with Gasteiger partial charge in [-0.05, 0) is 49.9 Å². The Morgan fingerprint density at radius 2 is 1.77 bits per heavy atom. The molecule has 2 aliphatic heterocycles. The van der Waals surface area contributed by atoms with Crippen LogP contribution in [0.1, 0.15) is 58.2 Å². The molecule has 0 radical (unpaired) electrons. The zero-order valence-electron chi connectivity index (χ0n) is 22.8. The molecule has 0 spiro atoms. The fraction of sp³-hybridized carbons (Fsp3) is 0.312. The third-order valence-electron chi connectivity index (χ3n) is 7.84. The maximum absolute atomic E-state index is 14.3. The summed E-state index contributed by atoms with van der Waals surface area (Å²) in [6, 6.07) is 25.4. The van der Waals surface area contributed by atoms with E-state index in [1.165, 1.54) is 0 Å². The molecule has 3 heterocycles. The fourth-order valence-corrected chi connectivity index (χ4v) is 7.59. The van der Waals surface area contributed by atoms with E-state index in [0.717, 1.165) is 39.3 Å². The van der Waals surface area contributed by atoms with E-state index >= 15 is 0 Å². The average Bonchev–Trinajstić information content (AvgIpc) is 3.60. The number of aromatic nitrogens is 2. The van der Waals surface area contributed by atoms with E-state index in [9.17, 15) is 13.2 Å². The van der Waals surface area contributed by atoms with Crippen LogP contribution in [0.15, 0.2) is 78.9 Å². The monoisotopic (exact) mass is 555 g/mol. The predicted molar refractivity (Wildman–Crippen MR) is 155 cm³/mol. The van der Waals surface area contributed by atoms with Gasteiger partial charge in [0.15, 0.2) is 9.84 Å². The highest BCUT2D eigenvalue weighted by Gasteiger charge is 2.46. The molecule has 8 heteroatoms. The maximum atomic E-state index is 14.3. The van der Waals surface area contributed by atoms with Crippen molar-refractivity contribution in [2.45, 2.75) is 38.8 Å². The molecule has 6 rings (SSSR count). The van der Waals surface area contributed by atoms with Crippen molar-refractivity contribution >= 4 is 15.7 Å². The molecular weight excluding hydrogens is 522 g/mol. The summed E-state index contributed by atoms with van der Waals surface area (Å²) >= 11 is 0. The molecule has 2 aliphatic rings. The molecule has 0 bridgehead atoms. The van der Waals surface area contributed by atoms with Gasteiger partial charge in [-0.2, -0.15) is 5.10 Å². The third kappa shape index (κ3) is 4.92. The van der Waals surface area contributed by atoms with Crippen molar-refractivity contribution in [1.82, 2.24) is 14.7 Å². The molecule has 40 heavy (non-hydrogen) atoms. The number of sulfone groups is 1. The van der Waals surface area contributed by atoms with Crippen LogP contribution in [-0.2, 0) is 16.3 Å². The van der Waals surface area contributed by atoms with Crippen LogP contribution >= 0.6 is 0 Å². The number of fused-ring (bicyclic) bond motifs is 1. The van der Waals surface area contributed by atoms with Crippen molar-refractivity contribution < 1.29 is 17.9 Å². The lowest BCUT2D eigenvalue weighted by Crippen LogP contribution is -2.33. The molecule has 4 aromatic rings. The lowest BCUT2D eigenvalue weighted by atomic mass is 9.95. The van der Waals surface area contributed by atoms with E-state index in [2.05, 4.69) is 12.1 Å². The van der Waals surface area contributed by atoms with Gasteiger partial charge in [-0.25, -0.2) is 8.42 Å². The molecule has 1 fully saturated rings. The third-order valence-corrected chi connectivity index (χ3v) is 9.59. The van der Waals surface area contributed by atoms with E-state index in [4.69, 9.17) is 9.84 Å². The highest BCUT2D eigenvalue weighted by atomic mass is 32.2. The average molecular weight is 556 g/mol. The van der Waals surface area contributed by atoms with Crippen molar-refractivity contribution in [2.24, 2.45) is 0 Å². The smallest absolute Gasteiger partial charge is 0.273 e. The highest BCUT2D eigenvalue weighted by molar-refractivity contribution is 7.91. The Balaban J connectivity index is 1.52. The number of carbonyl (C=O) groups excluding carboxylic acids is 1. The second kappa shape index (κ2) is 10.6. The van der Waals surface area contributed by atoms with Gasteiger partial charge in [0.1, 0.15) is 11.4 Å². The summed E-state index contributed by atoms with van der Waals surface area (Å²) < 4.78 is 32.5. The lowest BCUT2D eigenvalue weighted by molar-refractivity contribution is 0.0738. The van der Waals surface area contributed by atoms with Gasteiger partial charge in [0, 0.05) is 17.7 Å². The Hall–Kier alpha value is -3.91. The standard InChI is InChI=1S/C32H33N3O4S/c1-3-39-27-11-7-10-25(20-27)30-28-29(24-14-12-22(2)13-15-24)33-35(26-17-19-40(37,38)21-26)31(28)32(36)34(30)18-16-23-8-5-4-6-9-23/h4-15,20,26,30H,3,16-19,21H2,1-2H3/t26-,30-/m0/s1. The van der Waals surface area contributed by atoms with E-state index in [1.54, 1.807) is 4.68 Å². The summed E-state index contributed by atoms with van der Waals surface area (Å²) in [6.45, 7) is 5.04. The van der Waals surface area contributed by atoms with Crippen molar-refractivity contribution in [3.8, 4) is 17.0 Å². The Bertz CT molecular complexity index is 1650. The van der Waals surface area contributed by atoms with Gasteiger partial charge >= 0.3 is 0 Å². The zero-order chi connectivity index (χ0) is 27.9. The van der Waals surface area contributed by atoms with Crippen LogP contribution in [-0.4, -0.2) is 53.7 Å². The lowest BCUT2D eigenvalue weighted by Gasteiger charge is -2.27. The SMILES string of the molecule is CCOc1cccc([C@H]2c3c(-c4ccc(C)cc4)nn([C@H]4CCS(=O)(=O)C4)c3C(=O)N2CCc2ccccc2)c1. The van der Waals surface area contributed by atoms with Crippen LogP contribution in [0.5, 0.6) is 5.75 Å². The molecule has 0 saturated carbocycles. The summed E-state index contributed by atoms with van der Waals surface area (Å²) in [7, 11) is -3.18.